The van der Waals surface area contributed by atoms with Crippen LogP contribution in [0.1, 0.15) is 13.8 Å². The first-order valence-electron chi connectivity index (χ1n) is 7.51. The Morgan fingerprint density at radius 3 is 2.84 bits per heavy atom. The zero-order chi connectivity index (χ0) is 18.4. The molecule has 0 unspecified atom stereocenters. The average molecular weight is 359 g/mol. The third-order valence-corrected chi connectivity index (χ3v) is 4.32. The number of ether oxygens (including phenoxy) is 1. The number of rotatable bonds is 5. The van der Waals surface area contributed by atoms with Crippen molar-refractivity contribution < 1.29 is 9.53 Å². The molecule has 2 rings (SSSR count). The number of carbonyl (C=O) groups is 1. The van der Waals surface area contributed by atoms with Crippen LogP contribution in [-0.2, 0) is 16.1 Å². The third-order valence-electron chi connectivity index (χ3n) is 3.19. The summed E-state index contributed by atoms with van der Waals surface area (Å²) >= 11 is 1.05. The van der Waals surface area contributed by atoms with Crippen molar-refractivity contribution >= 4 is 40.6 Å². The number of thiazole rings is 1. The Labute approximate surface area is 147 Å². The van der Waals surface area contributed by atoms with E-state index in [-0.39, 0.29) is 22.4 Å². The van der Waals surface area contributed by atoms with E-state index in [1.807, 2.05) is 6.07 Å². The van der Waals surface area contributed by atoms with E-state index < -0.39 is 5.97 Å². The van der Waals surface area contributed by atoms with Crippen LogP contribution in [0.15, 0.2) is 23.1 Å². The van der Waals surface area contributed by atoms with Crippen LogP contribution in [0.2, 0.25) is 0 Å². The fourth-order valence-electron chi connectivity index (χ4n) is 2.02. The SMILES string of the molecule is CCOC(=O)C(C#N)=c1sc(=CNc2ccc(N)nc2)c(=O)n1CC. The van der Waals surface area contributed by atoms with Crippen LogP contribution in [0.25, 0.3) is 11.8 Å². The van der Waals surface area contributed by atoms with Crippen molar-refractivity contribution in [3.05, 3.63) is 37.9 Å². The second kappa shape index (κ2) is 8.12. The minimum atomic E-state index is -0.740. The molecule has 0 spiro atoms. The minimum absolute atomic E-state index is 0.149. The van der Waals surface area contributed by atoms with Crippen molar-refractivity contribution in [3.63, 3.8) is 0 Å². The van der Waals surface area contributed by atoms with E-state index in [9.17, 15) is 14.9 Å². The normalized spacial score (nSPS) is 12.4. The molecule has 0 radical (unpaired) electrons. The molecule has 0 fully saturated rings. The number of nitrogens with two attached hydrogens (primary N) is 1. The van der Waals surface area contributed by atoms with Crippen LogP contribution in [0, 0.1) is 11.3 Å². The van der Waals surface area contributed by atoms with E-state index in [1.165, 1.54) is 17.0 Å². The zero-order valence-electron chi connectivity index (χ0n) is 13.8. The summed E-state index contributed by atoms with van der Waals surface area (Å²) in [6.07, 6.45) is 3.04. The molecule has 2 heterocycles. The van der Waals surface area contributed by atoms with E-state index in [0.29, 0.717) is 22.6 Å². The Morgan fingerprint density at radius 2 is 2.28 bits per heavy atom. The lowest BCUT2D eigenvalue weighted by molar-refractivity contribution is -0.136. The summed E-state index contributed by atoms with van der Waals surface area (Å²) in [7, 11) is 0. The lowest BCUT2D eigenvalue weighted by atomic mass is 10.3. The predicted molar refractivity (Wildman–Crippen MR) is 95.9 cm³/mol. The van der Waals surface area contributed by atoms with Crippen molar-refractivity contribution in [3.8, 4) is 6.07 Å². The average Bonchev–Trinajstić information content (AvgIpc) is 2.91. The monoisotopic (exact) mass is 359 g/mol. The highest BCUT2D eigenvalue weighted by molar-refractivity contribution is 7.07. The molecule has 3 N–H and O–H groups in total. The van der Waals surface area contributed by atoms with Crippen LogP contribution in [0.5, 0.6) is 0 Å². The summed E-state index contributed by atoms with van der Waals surface area (Å²) in [5, 5.41) is 12.2. The summed E-state index contributed by atoms with van der Waals surface area (Å²) in [6, 6.07) is 5.18. The van der Waals surface area contributed by atoms with Gasteiger partial charge in [0.1, 0.15) is 21.1 Å². The molecule has 0 aliphatic heterocycles. The van der Waals surface area contributed by atoms with Gasteiger partial charge in [-0.25, -0.2) is 9.78 Å². The highest BCUT2D eigenvalue weighted by atomic mass is 32.1. The van der Waals surface area contributed by atoms with Gasteiger partial charge in [-0.2, -0.15) is 5.26 Å². The first-order chi connectivity index (χ1) is 12.0. The number of aromatic nitrogens is 2. The molecule has 0 aliphatic carbocycles. The molecular weight excluding hydrogens is 342 g/mol. The molecule has 0 atom stereocenters. The Kier molecular flexibility index (Phi) is 5.92. The van der Waals surface area contributed by atoms with Gasteiger partial charge in [0.05, 0.1) is 18.5 Å². The van der Waals surface area contributed by atoms with Crippen LogP contribution in [0.4, 0.5) is 11.5 Å². The number of esters is 1. The van der Waals surface area contributed by atoms with Gasteiger partial charge in [-0.1, -0.05) is 0 Å². The molecular formula is C16H17N5O3S. The largest absolute Gasteiger partial charge is 0.462 e. The van der Waals surface area contributed by atoms with Gasteiger partial charge >= 0.3 is 5.97 Å². The fourth-order valence-corrected chi connectivity index (χ4v) is 3.09. The predicted octanol–water partition coefficient (Wildman–Crippen LogP) is -0.00562. The number of nitrogens with zero attached hydrogens (tertiary/aromatic N) is 3. The first-order valence-corrected chi connectivity index (χ1v) is 8.32. The standard InChI is InChI=1S/C16H17N5O3S/c1-3-21-14(22)12(9-19-10-5-6-13(18)20-8-10)25-15(21)11(7-17)16(23)24-4-2/h5-6,8-9,19H,3-4H2,1-2H3,(H2,18,20). The van der Waals surface area contributed by atoms with Crippen molar-refractivity contribution in [1.29, 1.82) is 5.26 Å². The molecule has 0 aliphatic rings. The Hall–Kier alpha value is -3.12. The van der Waals surface area contributed by atoms with Crippen molar-refractivity contribution in [1.82, 2.24) is 9.55 Å². The van der Waals surface area contributed by atoms with Gasteiger partial charge in [0.15, 0.2) is 5.57 Å². The molecule has 130 valence electrons. The smallest absolute Gasteiger partial charge is 0.351 e. The highest BCUT2D eigenvalue weighted by Gasteiger charge is 2.16. The second-order valence-electron chi connectivity index (χ2n) is 4.79. The van der Waals surface area contributed by atoms with Gasteiger partial charge in [-0.3, -0.25) is 9.36 Å². The van der Waals surface area contributed by atoms with E-state index in [1.54, 1.807) is 26.0 Å². The minimum Gasteiger partial charge on any atom is -0.462 e. The number of hydrogen-bond acceptors (Lipinski definition) is 8. The number of nitriles is 1. The molecule has 8 nitrogen and oxygen atoms in total. The van der Waals surface area contributed by atoms with Crippen molar-refractivity contribution in [2.45, 2.75) is 20.4 Å². The van der Waals surface area contributed by atoms with Gasteiger partial charge in [0.2, 0.25) is 0 Å². The fraction of sp³-hybridized carbons (Fsp3) is 0.250. The zero-order valence-corrected chi connectivity index (χ0v) is 14.6. The second-order valence-corrected chi connectivity index (χ2v) is 5.82. The molecule has 0 bridgehead atoms. The molecule has 0 saturated carbocycles. The van der Waals surface area contributed by atoms with E-state index in [4.69, 9.17) is 10.5 Å². The maximum Gasteiger partial charge on any atom is 0.351 e. The quantitative estimate of drug-likeness (QED) is 0.720. The van der Waals surface area contributed by atoms with Crippen LogP contribution >= 0.6 is 11.3 Å². The highest BCUT2D eigenvalue weighted by Crippen LogP contribution is 2.06. The van der Waals surface area contributed by atoms with E-state index >= 15 is 0 Å². The number of hydrogen-bond donors (Lipinski definition) is 2. The number of nitrogens with one attached hydrogen (secondary N) is 1. The summed E-state index contributed by atoms with van der Waals surface area (Å²) in [4.78, 5) is 28.4. The molecule has 0 saturated heterocycles. The molecule has 0 amide bonds. The summed E-state index contributed by atoms with van der Waals surface area (Å²) in [6.45, 7) is 3.89. The third kappa shape index (κ3) is 4.05. The van der Waals surface area contributed by atoms with Crippen LogP contribution in [-0.4, -0.2) is 22.1 Å². The van der Waals surface area contributed by atoms with Gasteiger partial charge < -0.3 is 15.8 Å². The summed E-state index contributed by atoms with van der Waals surface area (Å²) < 4.78 is 6.88. The Bertz CT molecular complexity index is 983. The van der Waals surface area contributed by atoms with Crippen molar-refractivity contribution in [2.75, 3.05) is 17.7 Å². The van der Waals surface area contributed by atoms with Crippen LogP contribution < -0.4 is 25.8 Å². The summed E-state index contributed by atoms with van der Waals surface area (Å²) in [5.41, 5.74) is 5.70. The van der Waals surface area contributed by atoms with Gasteiger partial charge in [-0.15, -0.1) is 11.3 Å². The van der Waals surface area contributed by atoms with Gasteiger partial charge in [0.25, 0.3) is 5.56 Å². The Balaban J connectivity index is 2.55. The summed E-state index contributed by atoms with van der Waals surface area (Å²) in [5.74, 6) is -0.351. The van der Waals surface area contributed by atoms with E-state index in [2.05, 4.69) is 10.3 Å². The molecule has 9 heteroatoms. The number of anilines is 2. The number of nitrogen functional groups attached to an aromatic ring is 1. The maximum absolute atomic E-state index is 12.5. The van der Waals surface area contributed by atoms with Crippen molar-refractivity contribution in [2.24, 2.45) is 0 Å². The lowest BCUT2D eigenvalue weighted by Gasteiger charge is -2.00. The molecule has 25 heavy (non-hydrogen) atoms. The lowest BCUT2D eigenvalue weighted by Crippen LogP contribution is -2.32. The number of pyridine rings is 1. The van der Waals surface area contributed by atoms with Crippen LogP contribution in [0.3, 0.4) is 0 Å². The number of carbonyl (C=O) groups excluding carboxylic acids is 1. The Morgan fingerprint density at radius 1 is 1.52 bits per heavy atom. The molecule has 2 aromatic heterocycles. The molecule has 2 aromatic rings. The maximum atomic E-state index is 12.5. The van der Waals surface area contributed by atoms with Gasteiger partial charge in [-0.05, 0) is 26.0 Å². The first kappa shape index (κ1) is 18.2. The van der Waals surface area contributed by atoms with E-state index in [0.717, 1.165) is 11.3 Å². The van der Waals surface area contributed by atoms with Gasteiger partial charge in [0, 0.05) is 12.7 Å². The topological polar surface area (TPSA) is 123 Å². The molecule has 0 aromatic carbocycles.